The lowest BCUT2D eigenvalue weighted by Gasteiger charge is -2.29. The van der Waals surface area contributed by atoms with Crippen LogP contribution in [-0.2, 0) is 30.4 Å². The molecule has 0 aromatic heterocycles. The van der Waals surface area contributed by atoms with Crippen molar-refractivity contribution in [3.05, 3.63) is 66.2 Å². The molecule has 270 valence electrons. The molecule has 0 bridgehead atoms. The molecule has 12 nitrogen and oxygen atoms in total. The van der Waals surface area contributed by atoms with E-state index in [0.717, 1.165) is 5.56 Å². The number of aliphatic hydroxyl groups excluding tert-OH is 1. The number of aliphatic carboxylic acids is 1. The Labute approximate surface area is 289 Å². The Balaban J connectivity index is 2.09. The quantitative estimate of drug-likeness (QED) is 0.116. The molecule has 4 amide bonds. The maximum atomic E-state index is 13.5. The number of para-hydroxylation sites is 1. The molecular formula is C37H54N4O8. The molecule has 0 saturated carbocycles. The molecule has 0 saturated heterocycles. The molecule has 1 unspecified atom stereocenters. The van der Waals surface area contributed by atoms with Crippen molar-refractivity contribution in [2.75, 3.05) is 6.61 Å². The third kappa shape index (κ3) is 16.0. The minimum absolute atomic E-state index is 0.0162. The highest BCUT2D eigenvalue weighted by Gasteiger charge is 2.31. The second-order valence-electron chi connectivity index (χ2n) is 13.7. The third-order valence-corrected chi connectivity index (χ3v) is 7.64. The fourth-order valence-corrected chi connectivity index (χ4v) is 5.32. The topological polar surface area (TPSA) is 183 Å². The molecule has 0 fully saturated rings. The zero-order valence-corrected chi connectivity index (χ0v) is 29.5. The van der Waals surface area contributed by atoms with Crippen LogP contribution < -0.4 is 26.0 Å². The van der Waals surface area contributed by atoms with Gasteiger partial charge < -0.3 is 36.2 Å². The van der Waals surface area contributed by atoms with E-state index < -0.39 is 66.3 Å². The molecule has 0 heterocycles. The summed E-state index contributed by atoms with van der Waals surface area (Å²) in [5, 5.41) is 31.7. The van der Waals surface area contributed by atoms with E-state index in [9.17, 15) is 34.2 Å². The van der Waals surface area contributed by atoms with Gasteiger partial charge in [-0.25, -0.2) is 4.79 Å². The summed E-state index contributed by atoms with van der Waals surface area (Å²) in [6.45, 7) is 11.1. The molecule has 12 heteroatoms. The van der Waals surface area contributed by atoms with E-state index >= 15 is 0 Å². The first kappa shape index (κ1) is 40.7. The number of carbonyl (C=O) groups is 5. The second-order valence-corrected chi connectivity index (χ2v) is 13.7. The number of benzene rings is 2. The fourth-order valence-electron chi connectivity index (χ4n) is 5.32. The maximum absolute atomic E-state index is 13.5. The Bertz CT molecular complexity index is 1340. The SMILES string of the molecule is CC(C)CC(NC(=O)[C@H](CC(C)C)NC(=O)COc1ccccc1)[C@@H](O)CC(=O)N[C@@H](CC(C)C)C(=O)N[C@@H](Cc1ccccc1)C(=O)O. The van der Waals surface area contributed by atoms with Gasteiger partial charge in [-0.2, -0.15) is 0 Å². The highest BCUT2D eigenvalue weighted by atomic mass is 16.5. The number of carbonyl (C=O) groups excluding carboxylic acids is 4. The minimum atomic E-state index is -1.31. The van der Waals surface area contributed by atoms with Crippen LogP contribution in [0.25, 0.3) is 0 Å². The Morgan fingerprint density at radius 3 is 1.63 bits per heavy atom. The number of hydrogen-bond donors (Lipinski definition) is 6. The van der Waals surface area contributed by atoms with E-state index in [2.05, 4.69) is 21.3 Å². The van der Waals surface area contributed by atoms with Crippen LogP contribution in [0, 0.1) is 17.8 Å². The zero-order valence-electron chi connectivity index (χ0n) is 29.5. The lowest BCUT2D eigenvalue weighted by Crippen LogP contribution is -2.55. The van der Waals surface area contributed by atoms with Crippen LogP contribution in [-0.4, -0.2) is 76.7 Å². The fraction of sp³-hybridized carbons (Fsp3) is 0.541. The van der Waals surface area contributed by atoms with Crippen LogP contribution in [0.5, 0.6) is 5.75 Å². The van der Waals surface area contributed by atoms with Gasteiger partial charge in [-0.05, 0) is 54.7 Å². The van der Waals surface area contributed by atoms with Crippen molar-refractivity contribution in [3.8, 4) is 5.75 Å². The maximum Gasteiger partial charge on any atom is 0.326 e. The van der Waals surface area contributed by atoms with Gasteiger partial charge in [-0.3, -0.25) is 19.2 Å². The van der Waals surface area contributed by atoms with Crippen LogP contribution in [0.3, 0.4) is 0 Å². The van der Waals surface area contributed by atoms with Crippen molar-refractivity contribution in [3.63, 3.8) is 0 Å². The van der Waals surface area contributed by atoms with Gasteiger partial charge in [-0.15, -0.1) is 0 Å². The number of nitrogens with one attached hydrogen (secondary N) is 4. The number of amides is 4. The van der Waals surface area contributed by atoms with E-state index in [-0.39, 0.29) is 37.2 Å². The Kier molecular flexibility index (Phi) is 17.3. The molecule has 2 aromatic carbocycles. The van der Waals surface area contributed by atoms with E-state index in [1.165, 1.54) is 0 Å². The molecule has 49 heavy (non-hydrogen) atoms. The molecule has 0 radical (unpaired) electrons. The predicted molar refractivity (Wildman–Crippen MR) is 186 cm³/mol. The van der Waals surface area contributed by atoms with Crippen molar-refractivity contribution >= 4 is 29.6 Å². The van der Waals surface area contributed by atoms with Crippen molar-refractivity contribution in [1.29, 1.82) is 0 Å². The van der Waals surface area contributed by atoms with E-state index in [1.807, 2.05) is 53.7 Å². The van der Waals surface area contributed by atoms with Crippen molar-refractivity contribution in [2.24, 2.45) is 17.8 Å². The zero-order chi connectivity index (χ0) is 36.5. The Hall–Kier alpha value is -4.45. The summed E-state index contributed by atoms with van der Waals surface area (Å²) in [5.41, 5.74) is 0.733. The molecule has 2 aromatic rings. The molecule has 2 rings (SSSR count). The summed E-state index contributed by atoms with van der Waals surface area (Å²) >= 11 is 0. The molecule has 6 N–H and O–H groups in total. The molecule has 0 aliphatic carbocycles. The number of carboxylic acid groups (broad SMARTS) is 1. The van der Waals surface area contributed by atoms with Gasteiger partial charge in [0, 0.05) is 6.42 Å². The van der Waals surface area contributed by atoms with E-state index in [4.69, 9.17) is 4.74 Å². The largest absolute Gasteiger partial charge is 0.484 e. The molecule has 0 aliphatic heterocycles. The lowest BCUT2D eigenvalue weighted by molar-refractivity contribution is -0.142. The molecular weight excluding hydrogens is 628 g/mol. The molecule has 5 atom stereocenters. The van der Waals surface area contributed by atoms with Gasteiger partial charge in [0.15, 0.2) is 6.61 Å². The summed E-state index contributed by atoms with van der Waals surface area (Å²) in [6, 6.07) is 13.7. The first-order valence-electron chi connectivity index (χ1n) is 17.0. The second kappa shape index (κ2) is 20.8. The van der Waals surface area contributed by atoms with Crippen LogP contribution in [0.15, 0.2) is 60.7 Å². The van der Waals surface area contributed by atoms with Gasteiger partial charge in [0.05, 0.1) is 18.6 Å². The summed E-state index contributed by atoms with van der Waals surface area (Å²) in [6.07, 6.45) is -0.745. The van der Waals surface area contributed by atoms with Gasteiger partial charge in [0.2, 0.25) is 17.7 Å². The van der Waals surface area contributed by atoms with Crippen molar-refractivity contribution < 1.29 is 38.9 Å². The van der Waals surface area contributed by atoms with Crippen molar-refractivity contribution in [1.82, 2.24) is 21.3 Å². The molecule has 0 spiro atoms. The van der Waals surface area contributed by atoms with Gasteiger partial charge in [-0.1, -0.05) is 90.1 Å². The number of carboxylic acids is 1. The van der Waals surface area contributed by atoms with E-state index in [0.29, 0.717) is 18.6 Å². The van der Waals surface area contributed by atoms with Crippen LogP contribution >= 0.6 is 0 Å². The summed E-state index contributed by atoms with van der Waals surface area (Å²) < 4.78 is 5.52. The third-order valence-electron chi connectivity index (χ3n) is 7.64. The van der Waals surface area contributed by atoms with Crippen LogP contribution in [0.1, 0.15) is 72.8 Å². The number of ether oxygens (including phenoxy) is 1. The normalized spacial score (nSPS) is 14.3. The monoisotopic (exact) mass is 682 g/mol. The van der Waals surface area contributed by atoms with Crippen molar-refractivity contribution in [2.45, 2.75) is 104 Å². The standard InChI is InChI=1S/C37H54N4O8/c1-23(2)17-28(40-35(45)30(19-25(5)6)39-34(44)22-49-27-15-11-8-12-16-27)32(42)21-33(43)38-29(18-24(3)4)36(46)41-31(37(47)48)20-26-13-9-7-10-14-26/h7-16,23-25,28-32,42H,17-22H2,1-6H3,(H,38,43)(H,39,44)(H,40,45)(H,41,46)(H,47,48)/t28?,29-,30-,31-,32-/m0/s1. The van der Waals surface area contributed by atoms with Gasteiger partial charge >= 0.3 is 5.97 Å². The summed E-state index contributed by atoms with van der Waals surface area (Å²) in [5.74, 6) is -2.85. The summed E-state index contributed by atoms with van der Waals surface area (Å²) in [4.78, 5) is 64.6. The highest BCUT2D eigenvalue weighted by Crippen LogP contribution is 2.15. The van der Waals surface area contributed by atoms with E-state index in [1.54, 1.807) is 48.5 Å². The van der Waals surface area contributed by atoms with Crippen LogP contribution in [0.2, 0.25) is 0 Å². The van der Waals surface area contributed by atoms with Gasteiger partial charge in [0.1, 0.15) is 23.9 Å². The Morgan fingerprint density at radius 2 is 1.12 bits per heavy atom. The predicted octanol–water partition coefficient (Wildman–Crippen LogP) is 3.22. The first-order chi connectivity index (χ1) is 23.1. The average Bonchev–Trinajstić information content (AvgIpc) is 3.02. The lowest BCUT2D eigenvalue weighted by atomic mass is 9.95. The highest BCUT2D eigenvalue weighted by molar-refractivity contribution is 5.91. The Morgan fingerprint density at radius 1 is 0.633 bits per heavy atom. The van der Waals surface area contributed by atoms with Gasteiger partial charge in [0.25, 0.3) is 5.91 Å². The summed E-state index contributed by atoms with van der Waals surface area (Å²) in [7, 11) is 0. The first-order valence-corrected chi connectivity index (χ1v) is 17.0. The van der Waals surface area contributed by atoms with Crippen LogP contribution in [0.4, 0.5) is 0 Å². The number of aliphatic hydroxyl groups is 1. The number of rotatable bonds is 21. The average molecular weight is 683 g/mol. The smallest absolute Gasteiger partial charge is 0.326 e. The number of hydrogen-bond acceptors (Lipinski definition) is 7. The molecule has 0 aliphatic rings. The minimum Gasteiger partial charge on any atom is -0.484 e.